The zero-order valence-corrected chi connectivity index (χ0v) is 46.3. The van der Waals surface area contributed by atoms with Crippen molar-refractivity contribution in [2.45, 2.75) is 19.3 Å². The Kier molecular flexibility index (Phi) is 5.06. The summed E-state index contributed by atoms with van der Waals surface area (Å²) in [5, 5.41) is -8.78. The summed E-state index contributed by atoms with van der Waals surface area (Å²) in [7, 11) is 0. The van der Waals surface area contributed by atoms with Gasteiger partial charge in [-0.05, 0) is 179 Å². The summed E-state index contributed by atoms with van der Waals surface area (Å²) >= 11 is 0. The van der Waals surface area contributed by atoms with Crippen LogP contribution in [0.1, 0.15) is 96.3 Å². The zero-order valence-electron chi connectivity index (χ0n) is 98.3. The van der Waals surface area contributed by atoms with E-state index in [1.54, 1.807) is 0 Å². The van der Waals surface area contributed by atoms with Crippen molar-refractivity contribution in [3.63, 3.8) is 0 Å². The Balaban J connectivity index is 0.000000189. The maximum Gasteiger partial charge on any atom is 0.136 e. The molecule has 18 aromatic rings. The lowest BCUT2D eigenvalue weighted by atomic mass is 9.80. The highest BCUT2D eigenvalue weighted by Crippen LogP contribution is 2.53. The average Bonchev–Trinajstić information content (AvgIpc) is 1.64. The SMILES string of the molecule is [2H]c1c([2H])c([2H])c(-c2c([2H])c([2H])c(-c3c4c([2H])c([2H])c([2H])c([2H])c4c(-c4c([2H])c([2H])c([2H])c5oc6c([2H])c([2H])c([2H])c([2H])c6c45)c4c([2H])c([2H])c([2H])c([2H])c34)c3c([2H])c([2H])c([2H])c([2H])c23)c([2H])c1[2H].[2H]c1c([2H])c([2H])c2c(c1[2H])-c1c([2H])c([2H])c(-c3c4c([2H])c([2H])c([2H])c([2H])c4c(-c4c([2H])c([2H])c(-c5c([2H])c([2H])c6oc7c([2H])c([2H])c([2H])c([2H])c7c6c5[2H])c([2H])c4[2H])c4c([2H])c([2H])c([2H])c([2H])c34)c([2H])c1C2(C)C. The van der Waals surface area contributed by atoms with Crippen molar-refractivity contribution < 1.29 is 80.1 Å². The summed E-state index contributed by atoms with van der Waals surface area (Å²) in [6, 6.07) is -45.7. The number of fused-ring (bicyclic) bond motifs is 14. The highest BCUT2D eigenvalue weighted by Gasteiger charge is 2.35. The van der Waals surface area contributed by atoms with Crippen LogP contribution in [0.2, 0.25) is 0 Å². The lowest BCUT2D eigenvalue weighted by Crippen LogP contribution is -2.14. The molecule has 0 amide bonds. The minimum atomic E-state index is -1.53. The molecule has 91 heavy (non-hydrogen) atoms. The van der Waals surface area contributed by atoms with Crippen LogP contribution in [0.25, 0.3) is 176 Å². The van der Waals surface area contributed by atoms with Crippen molar-refractivity contribution in [3.8, 4) is 77.9 Å². The van der Waals surface area contributed by atoms with Crippen LogP contribution in [-0.2, 0) is 5.41 Å². The summed E-state index contributed by atoms with van der Waals surface area (Å²) in [5.74, 6) is 0. The van der Waals surface area contributed by atoms with Gasteiger partial charge < -0.3 is 8.83 Å². The maximum absolute atomic E-state index is 9.90. The van der Waals surface area contributed by atoms with Crippen molar-refractivity contribution in [2.24, 2.45) is 0 Å². The largest absolute Gasteiger partial charge is 0.456 e. The quantitative estimate of drug-likeness (QED) is 0.155. The van der Waals surface area contributed by atoms with Gasteiger partial charge >= 0.3 is 0 Å². The van der Waals surface area contributed by atoms with Crippen LogP contribution in [0.4, 0.5) is 0 Å². The Hall–Kier alpha value is -11.6. The first-order valence-electron chi connectivity index (χ1n) is 53.3. The van der Waals surface area contributed by atoms with Crippen molar-refractivity contribution in [1.29, 1.82) is 0 Å². The molecule has 0 saturated carbocycles. The molecule has 0 radical (unpaired) electrons. The molecule has 0 aliphatic heterocycles. The van der Waals surface area contributed by atoms with Gasteiger partial charge in [-0.1, -0.05) is 292 Å². The third kappa shape index (κ3) is 8.26. The monoisotopic (exact) mass is 1210 g/mol. The average molecular weight is 1210 g/mol. The Morgan fingerprint density at radius 2 is 0.615 bits per heavy atom. The minimum Gasteiger partial charge on any atom is -0.456 e. The van der Waals surface area contributed by atoms with Gasteiger partial charge in [0.15, 0.2) is 0 Å². The number of para-hydroxylation sites is 2. The van der Waals surface area contributed by atoms with Crippen LogP contribution in [0, 0.1) is 0 Å². The van der Waals surface area contributed by atoms with Crippen LogP contribution >= 0.6 is 0 Å². The molecule has 2 heterocycles. The van der Waals surface area contributed by atoms with Crippen molar-refractivity contribution in [3.05, 3.63) is 325 Å². The van der Waals surface area contributed by atoms with Crippen molar-refractivity contribution in [2.75, 3.05) is 0 Å². The number of furan rings is 2. The van der Waals surface area contributed by atoms with Gasteiger partial charge in [-0.2, -0.15) is 0 Å². The van der Waals surface area contributed by atoms with Gasteiger partial charge in [0.1, 0.15) is 22.3 Å². The molecule has 0 atom stereocenters. The van der Waals surface area contributed by atoms with Crippen LogP contribution in [0.3, 0.4) is 0 Å². The van der Waals surface area contributed by atoms with Gasteiger partial charge in [0.2, 0.25) is 0 Å². The summed E-state index contributed by atoms with van der Waals surface area (Å²) in [5.41, 5.74) is -12.7. The van der Waals surface area contributed by atoms with E-state index in [-0.39, 0.29) is 27.6 Å². The second-order valence-corrected chi connectivity index (χ2v) is 20.9. The third-order valence-electron chi connectivity index (χ3n) is 15.7. The number of hydrogen-bond acceptors (Lipinski definition) is 2. The smallest absolute Gasteiger partial charge is 0.136 e. The van der Waals surface area contributed by atoms with Gasteiger partial charge in [0.05, 0.1) is 71.3 Å². The Labute approximate surface area is 600 Å². The molecule has 2 nitrogen and oxygen atoms in total. The fourth-order valence-electron chi connectivity index (χ4n) is 11.8. The summed E-state index contributed by atoms with van der Waals surface area (Å²) < 4.78 is 480. The molecule has 2 aromatic heterocycles. The topological polar surface area (TPSA) is 26.3 Å². The number of hydrogen-bond donors (Lipinski definition) is 0. The standard InChI is InChI=1S/C47H32O.C42H26O/c1-47(2)41-17-9-7-11-33(41)34-25-23-32(28-42(34)47)46-38-15-5-3-13-36(38)45(37-14-4-6-16-39(37)46)30-21-19-29(20-22-30)31-24-26-44-40(27-31)35-12-8-10-18-43(35)48-44;1-2-13-27(14-3-1)28-25-26-35(30-16-5-4-15-29(28)30)40-31-17-6-8-19-33(31)41(34-20-9-7-18-32(34)40)37-22-12-24-39-42(37)36-21-10-11-23-38(36)43-39/h3-28H,1-2H3;1-26H/i3D,4D,5D,6D,7D,8D,9D,10D,11D,12D,13D,14D,15D,16D,17D,18D,19D,20D,21D,22D,23D,24D,25D,26D,27D,28D;1D,2D,3D,4D,5D,6D,7D,8D,9D,10D,11D,12D,13D,14D,15D,16D,17D,18D,19D,20D,21D,22D,23D,24D,25D,26D. The summed E-state index contributed by atoms with van der Waals surface area (Å²) in [4.78, 5) is 0. The first kappa shape index (κ1) is 22.2. The lowest BCUT2D eigenvalue weighted by Gasteiger charge is -2.23. The fraction of sp³-hybridized carbons (Fsp3) is 0.0337. The van der Waals surface area contributed by atoms with E-state index >= 15 is 0 Å². The normalized spacial score (nSPS) is 20.6. The minimum absolute atomic E-state index is 0.0160. The van der Waals surface area contributed by atoms with Gasteiger partial charge in [0, 0.05) is 27.0 Å². The summed E-state index contributed by atoms with van der Waals surface area (Å²) in [6.07, 6.45) is 0. The molecule has 0 bridgehead atoms. The maximum atomic E-state index is 9.90. The van der Waals surface area contributed by atoms with Gasteiger partial charge in [-0.3, -0.25) is 0 Å². The van der Waals surface area contributed by atoms with Crippen LogP contribution in [0.5, 0.6) is 0 Å². The molecule has 0 N–H and O–H groups in total. The molecule has 16 aromatic carbocycles. The molecule has 0 spiro atoms. The van der Waals surface area contributed by atoms with E-state index in [1.807, 2.05) is 0 Å². The molecular formula is C89H58O2. The predicted molar refractivity (Wildman–Crippen MR) is 385 cm³/mol. The van der Waals surface area contributed by atoms with Gasteiger partial charge in [-0.15, -0.1) is 0 Å². The second kappa shape index (κ2) is 20.8. The van der Waals surface area contributed by atoms with E-state index < -0.39 is 479 Å². The zero-order chi connectivity index (χ0) is 106. The molecule has 1 aliphatic rings. The Morgan fingerprint density at radius 1 is 0.220 bits per heavy atom. The predicted octanol–water partition coefficient (Wildman–Crippen LogP) is 25.2. The van der Waals surface area contributed by atoms with E-state index in [9.17, 15) is 28.8 Å². The number of rotatable bonds is 6. The van der Waals surface area contributed by atoms with Gasteiger partial charge in [-0.25, -0.2) is 0 Å². The molecule has 19 rings (SSSR count). The first-order valence-corrected chi connectivity index (χ1v) is 27.3. The Morgan fingerprint density at radius 3 is 1.25 bits per heavy atom. The van der Waals surface area contributed by atoms with Gasteiger partial charge in [0.25, 0.3) is 0 Å². The molecule has 426 valence electrons. The molecule has 0 unspecified atom stereocenters. The van der Waals surface area contributed by atoms with Crippen LogP contribution in [-0.4, -0.2) is 0 Å². The number of benzene rings is 16. The van der Waals surface area contributed by atoms with Crippen molar-refractivity contribution >= 4 is 97.7 Å². The molecule has 0 saturated heterocycles. The highest BCUT2D eigenvalue weighted by molar-refractivity contribution is 6.28. The van der Waals surface area contributed by atoms with E-state index in [0.717, 1.165) is 0 Å². The summed E-state index contributed by atoms with van der Waals surface area (Å²) in [6.45, 7) is 3.03. The molecule has 2 heteroatoms. The molecule has 1 aliphatic carbocycles. The van der Waals surface area contributed by atoms with E-state index in [1.165, 1.54) is 13.8 Å². The van der Waals surface area contributed by atoms with E-state index in [0.29, 0.717) is 0 Å². The lowest BCUT2D eigenvalue weighted by molar-refractivity contribution is 0.660. The van der Waals surface area contributed by atoms with E-state index in [2.05, 4.69) is 0 Å². The molecule has 0 fully saturated rings. The highest BCUT2D eigenvalue weighted by atomic mass is 16.3. The van der Waals surface area contributed by atoms with Crippen LogP contribution in [0.15, 0.2) is 323 Å². The van der Waals surface area contributed by atoms with Crippen LogP contribution < -0.4 is 0 Å². The van der Waals surface area contributed by atoms with Crippen molar-refractivity contribution in [1.82, 2.24) is 0 Å². The second-order valence-electron chi connectivity index (χ2n) is 20.9. The fourth-order valence-corrected chi connectivity index (χ4v) is 11.8. The third-order valence-corrected chi connectivity index (χ3v) is 15.7. The van der Waals surface area contributed by atoms with E-state index in [4.69, 9.17) is 51.3 Å². The Bertz CT molecular complexity index is 9030. The molecular weight excluding hydrogens is 1100 g/mol. The first-order chi connectivity index (χ1) is 66.6.